The molecular weight excluding hydrogens is 588 g/mol. The van der Waals surface area contributed by atoms with Crippen LogP contribution in [0.15, 0.2) is 36.4 Å². The second-order valence-corrected chi connectivity index (χ2v) is 8.20. The Kier molecular flexibility index (Phi) is 8.80. The van der Waals surface area contributed by atoms with E-state index in [9.17, 15) is 9.59 Å². The van der Waals surface area contributed by atoms with E-state index in [4.69, 9.17) is 14.2 Å². The monoisotopic (exact) mass is 609 g/mol. The largest absolute Gasteiger partial charge is 0.497 e. The van der Waals surface area contributed by atoms with Gasteiger partial charge in [-0.25, -0.2) is 4.79 Å². The van der Waals surface area contributed by atoms with Crippen LogP contribution < -0.4 is 14.8 Å². The number of hydrogen-bond acceptors (Lipinski definition) is 5. The van der Waals surface area contributed by atoms with Gasteiger partial charge in [0, 0.05) is 13.3 Å². The summed E-state index contributed by atoms with van der Waals surface area (Å²) in [5.74, 6) is 1.48. The quantitative estimate of drug-likeness (QED) is 0.357. The Hall–Kier alpha value is -1.56. The summed E-state index contributed by atoms with van der Waals surface area (Å²) in [5.41, 5.74) is 0.905. The molecule has 1 atom stereocenters. The number of nitrogens with one attached hydrogen (secondary N) is 1. The zero-order valence-corrected chi connectivity index (χ0v) is 20.1. The minimum atomic E-state index is -0.725. The lowest BCUT2D eigenvalue weighted by atomic mass is 10.1. The Morgan fingerprint density at radius 3 is 2.14 bits per heavy atom. The van der Waals surface area contributed by atoms with Gasteiger partial charge in [-0.2, -0.15) is 0 Å². The summed E-state index contributed by atoms with van der Waals surface area (Å²) in [4.78, 5) is 23.6. The number of esters is 1. The predicted octanol–water partition coefficient (Wildman–Crippen LogP) is 4.31. The molecule has 8 heteroatoms. The van der Waals surface area contributed by atoms with E-state index < -0.39 is 12.0 Å². The summed E-state index contributed by atoms with van der Waals surface area (Å²) in [6.07, 6.45) is 0.341. The maximum atomic E-state index is 12.1. The van der Waals surface area contributed by atoms with E-state index in [1.807, 2.05) is 36.4 Å². The van der Waals surface area contributed by atoms with E-state index in [0.717, 1.165) is 24.2 Å². The van der Waals surface area contributed by atoms with Crippen LogP contribution in [0.3, 0.4) is 0 Å². The summed E-state index contributed by atoms with van der Waals surface area (Å²) in [5, 5.41) is 2.66. The van der Waals surface area contributed by atoms with E-state index in [1.165, 1.54) is 6.92 Å². The van der Waals surface area contributed by atoms with Crippen molar-refractivity contribution in [3.8, 4) is 17.2 Å². The van der Waals surface area contributed by atoms with Crippen molar-refractivity contribution in [1.82, 2.24) is 5.32 Å². The maximum absolute atomic E-state index is 12.1. The molecule has 0 spiro atoms. The van der Waals surface area contributed by atoms with E-state index >= 15 is 0 Å². The van der Waals surface area contributed by atoms with Crippen molar-refractivity contribution in [2.24, 2.45) is 0 Å². The zero-order chi connectivity index (χ0) is 20.7. The van der Waals surface area contributed by atoms with Gasteiger partial charge in [-0.1, -0.05) is 0 Å². The molecule has 1 N–H and O–H groups in total. The Bertz CT molecular complexity index is 816. The molecule has 0 saturated carbocycles. The van der Waals surface area contributed by atoms with Crippen molar-refractivity contribution in [3.05, 3.63) is 49.1 Å². The van der Waals surface area contributed by atoms with Gasteiger partial charge in [0.15, 0.2) is 5.75 Å². The number of ether oxygens (including phenoxy) is 3. The molecule has 0 aliphatic heterocycles. The van der Waals surface area contributed by atoms with Crippen LogP contribution in [0.1, 0.15) is 19.4 Å². The summed E-state index contributed by atoms with van der Waals surface area (Å²) < 4.78 is 18.0. The highest BCUT2D eigenvalue weighted by atomic mass is 127. The number of methoxy groups -OCH3 is 1. The van der Waals surface area contributed by atoms with Crippen LogP contribution in [-0.4, -0.2) is 31.6 Å². The van der Waals surface area contributed by atoms with Crippen LogP contribution in [-0.2, 0) is 20.7 Å². The Morgan fingerprint density at radius 1 is 1.07 bits per heavy atom. The molecular formula is C20H21I2NO5. The molecule has 2 aromatic carbocycles. The second-order valence-electron chi connectivity index (χ2n) is 5.88. The normalized spacial score (nSPS) is 11.5. The first-order valence-corrected chi connectivity index (χ1v) is 10.7. The molecule has 6 nitrogen and oxygen atoms in total. The van der Waals surface area contributed by atoms with Gasteiger partial charge >= 0.3 is 5.97 Å². The van der Waals surface area contributed by atoms with Gasteiger partial charge < -0.3 is 19.5 Å². The number of carbonyl (C=O) groups is 2. The first kappa shape index (κ1) is 22.7. The Morgan fingerprint density at radius 2 is 1.64 bits per heavy atom. The molecule has 2 aromatic rings. The smallest absolute Gasteiger partial charge is 0.328 e. The van der Waals surface area contributed by atoms with Crippen molar-refractivity contribution < 1.29 is 23.8 Å². The highest BCUT2D eigenvalue weighted by Crippen LogP contribution is 2.33. The summed E-state index contributed by atoms with van der Waals surface area (Å²) in [7, 11) is 1.62. The molecule has 28 heavy (non-hydrogen) atoms. The number of amides is 1. The lowest BCUT2D eigenvalue weighted by Gasteiger charge is -2.18. The lowest BCUT2D eigenvalue weighted by molar-refractivity contribution is -0.147. The van der Waals surface area contributed by atoms with Crippen molar-refractivity contribution in [1.29, 1.82) is 0 Å². The lowest BCUT2D eigenvalue weighted by Crippen LogP contribution is -2.42. The van der Waals surface area contributed by atoms with Gasteiger partial charge in [-0.15, -0.1) is 0 Å². The van der Waals surface area contributed by atoms with Crippen LogP contribution in [0.4, 0.5) is 0 Å². The first-order valence-electron chi connectivity index (χ1n) is 8.57. The van der Waals surface area contributed by atoms with Crippen LogP contribution in [0.2, 0.25) is 0 Å². The highest BCUT2D eigenvalue weighted by molar-refractivity contribution is 14.1. The third kappa shape index (κ3) is 6.50. The highest BCUT2D eigenvalue weighted by Gasteiger charge is 2.22. The fraction of sp³-hybridized carbons (Fsp3) is 0.300. The molecule has 0 aliphatic carbocycles. The molecule has 0 aromatic heterocycles. The van der Waals surface area contributed by atoms with Gasteiger partial charge in [-0.05, 0) is 94.1 Å². The number of halogens is 2. The van der Waals surface area contributed by atoms with Crippen LogP contribution in [0, 0.1) is 7.14 Å². The Labute approximate surface area is 191 Å². The van der Waals surface area contributed by atoms with E-state index in [1.54, 1.807) is 14.0 Å². The summed E-state index contributed by atoms with van der Waals surface area (Å²) >= 11 is 4.40. The van der Waals surface area contributed by atoms with Gasteiger partial charge in [0.1, 0.15) is 17.5 Å². The maximum Gasteiger partial charge on any atom is 0.328 e. The molecule has 0 aliphatic rings. The van der Waals surface area contributed by atoms with Crippen LogP contribution >= 0.6 is 45.2 Å². The fourth-order valence-corrected chi connectivity index (χ4v) is 4.62. The average molecular weight is 609 g/mol. The van der Waals surface area contributed by atoms with Crippen LogP contribution in [0.5, 0.6) is 17.2 Å². The molecule has 0 heterocycles. The van der Waals surface area contributed by atoms with Crippen molar-refractivity contribution >= 4 is 57.1 Å². The first-order chi connectivity index (χ1) is 13.3. The molecule has 0 unspecified atom stereocenters. The van der Waals surface area contributed by atoms with Crippen molar-refractivity contribution in [3.63, 3.8) is 0 Å². The third-order valence-corrected chi connectivity index (χ3v) is 5.33. The van der Waals surface area contributed by atoms with Gasteiger partial charge in [0.25, 0.3) is 0 Å². The third-order valence-electron chi connectivity index (χ3n) is 3.73. The number of rotatable bonds is 8. The standard InChI is InChI=1S/C20H21I2NO5/c1-4-27-20(25)18(23-12(2)24)11-13-9-16(21)19(17(22)10-13)28-15-7-5-14(26-3)6-8-15/h5-10,18H,4,11H2,1-3H3,(H,23,24)/t18-/m0/s1. The van der Waals surface area contributed by atoms with Gasteiger partial charge in [0.2, 0.25) is 5.91 Å². The zero-order valence-electron chi connectivity index (χ0n) is 15.8. The topological polar surface area (TPSA) is 73.9 Å². The number of benzene rings is 2. The minimum absolute atomic E-state index is 0.263. The van der Waals surface area contributed by atoms with Gasteiger partial charge in [0.05, 0.1) is 20.9 Å². The fourth-order valence-electron chi connectivity index (χ4n) is 2.51. The molecule has 0 radical (unpaired) electrons. The molecule has 0 saturated heterocycles. The number of carbonyl (C=O) groups excluding carboxylic acids is 2. The van der Waals surface area contributed by atoms with Crippen molar-refractivity contribution in [2.75, 3.05) is 13.7 Å². The second kappa shape index (κ2) is 10.8. The predicted molar refractivity (Wildman–Crippen MR) is 123 cm³/mol. The number of hydrogen-bond donors (Lipinski definition) is 1. The Balaban J connectivity index is 2.20. The van der Waals surface area contributed by atoms with E-state index in [0.29, 0.717) is 12.2 Å². The average Bonchev–Trinajstić information content (AvgIpc) is 2.64. The molecule has 2 rings (SSSR count). The summed E-state index contributed by atoms with van der Waals surface area (Å²) in [6, 6.07) is 10.5. The minimum Gasteiger partial charge on any atom is -0.497 e. The van der Waals surface area contributed by atoms with Gasteiger partial charge in [-0.3, -0.25) is 4.79 Å². The summed E-state index contributed by atoms with van der Waals surface area (Å²) in [6.45, 7) is 3.38. The van der Waals surface area contributed by atoms with Crippen molar-refractivity contribution in [2.45, 2.75) is 26.3 Å². The SMILES string of the molecule is CCOC(=O)[C@H](Cc1cc(I)c(Oc2ccc(OC)cc2)c(I)c1)NC(C)=O. The van der Waals surface area contributed by atoms with Crippen LogP contribution in [0.25, 0.3) is 0 Å². The van der Waals surface area contributed by atoms with E-state index in [-0.39, 0.29) is 12.5 Å². The molecule has 0 fully saturated rings. The molecule has 0 bridgehead atoms. The van der Waals surface area contributed by atoms with E-state index in [2.05, 4.69) is 50.5 Å². The molecule has 1 amide bonds. The molecule has 150 valence electrons.